The molecular weight excluding hydrogens is 520 g/mol. The van der Waals surface area contributed by atoms with E-state index in [0.29, 0.717) is 0 Å². The summed E-state index contributed by atoms with van der Waals surface area (Å²) in [7, 11) is 1.26. The molecule has 0 aliphatic rings. The molecule has 1 aromatic carbocycles. The number of nitrogens with zero attached hydrogens (tertiary/aromatic N) is 1. The highest BCUT2D eigenvalue weighted by atomic mass is 28.3. The number of methoxy groups -OCH3 is 1. The molecule has 0 fully saturated rings. The van der Waals surface area contributed by atoms with Crippen molar-refractivity contribution in [1.82, 2.24) is 10.2 Å². The molecular formula is C28H46N2O8Si. The molecule has 0 spiro atoms. The molecule has 0 aliphatic heterocycles. The van der Waals surface area contributed by atoms with Gasteiger partial charge in [0.2, 0.25) is 5.91 Å². The van der Waals surface area contributed by atoms with E-state index in [9.17, 15) is 19.2 Å². The van der Waals surface area contributed by atoms with E-state index in [1.807, 2.05) is 30.3 Å². The van der Waals surface area contributed by atoms with Gasteiger partial charge in [-0.2, -0.15) is 0 Å². The average molecular weight is 567 g/mol. The predicted molar refractivity (Wildman–Crippen MR) is 151 cm³/mol. The van der Waals surface area contributed by atoms with Crippen molar-refractivity contribution in [1.29, 1.82) is 0 Å². The Morgan fingerprint density at radius 1 is 1.03 bits per heavy atom. The Bertz CT molecular complexity index is 943. The van der Waals surface area contributed by atoms with Crippen LogP contribution in [-0.4, -0.2) is 81.5 Å². The van der Waals surface area contributed by atoms with Crippen LogP contribution < -0.4 is 5.32 Å². The van der Waals surface area contributed by atoms with Gasteiger partial charge in [-0.1, -0.05) is 50.0 Å². The number of hydrogen-bond acceptors (Lipinski definition) is 8. The second-order valence-corrected chi connectivity index (χ2v) is 17.3. The van der Waals surface area contributed by atoms with Gasteiger partial charge in [-0.25, -0.2) is 14.4 Å². The second-order valence-electron chi connectivity index (χ2n) is 11.7. The summed E-state index contributed by atoms with van der Waals surface area (Å²) >= 11 is 0. The molecule has 1 aromatic rings. The zero-order valence-electron chi connectivity index (χ0n) is 24.9. The third-order valence-corrected chi connectivity index (χ3v) is 7.48. The highest BCUT2D eigenvalue weighted by Gasteiger charge is 2.35. The Hall–Kier alpha value is -2.92. The molecule has 0 aliphatic carbocycles. The van der Waals surface area contributed by atoms with Gasteiger partial charge in [0.25, 0.3) is 0 Å². The normalized spacial score (nSPS) is 14.0. The van der Waals surface area contributed by atoms with E-state index in [-0.39, 0.29) is 26.1 Å². The van der Waals surface area contributed by atoms with Crippen molar-refractivity contribution in [2.75, 3.05) is 20.8 Å². The van der Waals surface area contributed by atoms with E-state index in [1.165, 1.54) is 19.1 Å². The first-order valence-electron chi connectivity index (χ1n) is 13.2. The first-order chi connectivity index (χ1) is 18.0. The molecule has 0 unspecified atom stereocenters. The van der Waals surface area contributed by atoms with Gasteiger partial charge < -0.3 is 29.2 Å². The van der Waals surface area contributed by atoms with Gasteiger partial charge in [0.1, 0.15) is 11.6 Å². The minimum Gasteiger partial charge on any atom is -0.467 e. The number of amides is 2. The number of hydrogen-bond donors (Lipinski definition) is 1. The van der Waals surface area contributed by atoms with E-state index in [2.05, 4.69) is 25.0 Å². The highest BCUT2D eigenvalue weighted by Crippen LogP contribution is 2.16. The highest BCUT2D eigenvalue weighted by molar-refractivity contribution is 6.76. The SMILES string of the molecule is COC(=O)[C@@H](CCC(=O)N(C)[C@H](C(=O)OCC[Si](C)(C)C)[C@@H](C)OCc1ccccc1)NC(=O)OC(C)(C)C. The minimum absolute atomic E-state index is 0.0499. The zero-order valence-corrected chi connectivity index (χ0v) is 25.9. The van der Waals surface area contributed by atoms with Gasteiger partial charge in [-0.05, 0) is 45.7 Å². The van der Waals surface area contributed by atoms with Crippen LogP contribution in [0.25, 0.3) is 0 Å². The molecule has 0 radical (unpaired) electrons. The predicted octanol–water partition coefficient (Wildman–Crippen LogP) is 4.15. The van der Waals surface area contributed by atoms with Gasteiger partial charge in [-0.15, -0.1) is 0 Å². The van der Waals surface area contributed by atoms with Gasteiger partial charge in [0, 0.05) is 21.5 Å². The summed E-state index contributed by atoms with van der Waals surface area (Å²) in [6.07, 6.45) is -1.66. The standard InChI is InChI=1S/C28H46N2O8Si/c1-20(37-19-21-13-11-10-12-14-21)24(26(33)36-17-18-39(7,8)9)30(5)23(31)16-15-22(25(32)35-6)29-27(34)38-28(2,3)4/h10-14,20,22,24H,15-19H2,1-9H3,(H,29,34)/t20-,22-,24+/m1/s1. The summed E-state index contributed by atoms with van der Waals surface area (Å²) in [5, 5.41) is 2.45. The fourth-order valence-corrected chi connectivity index (χ4v) is 4.26. The molecule has 2 amide bonds. The smallest absolute Gasteiger partial charge is 0.408 e. The largest absolute Gasteiger partial charge is 0.467 e. The number of nitrogens with one attached hydrogen (secondary N) is 1. The molecule has 0 bridgehead atoms. The minimum atomic E-state index is -1.44. The first kappa shape index (κ1) is 34.1. The number of likely N-dealkylation sites (N-methyl/N-ethyl adjacent to an activating group) is 1. The molecule has 39 heavy (non-hydrogen) atoms. The second kappa shape index (κ2) is 15.6. The van der Waals surface area contributed by atoms with Gasteiger partial charge in [0.15, 0.2) is 6.04 Å². The maximum Gasteiger partial charge on any atom is 0.408 e. The molecule has 1 N–H and O–H groups in total. The van der Waals surface area contributed by atoms with Gasteiger partial charge in [0.05, 0.1) is 26.4 Å². The van der Waals surface area contributed by atoms with E-state index < -0.39 is 55.8 Å². The number of alkyl carbamates (subject to hydrolysis) is 1. The van der Waals surface area contributed by atoms with Crippen molar-refractivity contribution >= 4 is 32.0 Å². The molecule has 0 heterocycles. The lowest BCUT2D eigenvalue weighted by Crippen LogP contribution is -2.51. The van der Waals surface area contributed by atoms with Crippen LogP contribution in [0.3, 0.4) is 0 Å². The summed E-state index contributed by atoms with van der Waals surface area (Å²) < 4.78 is 21.6. The molecule has 3 atom stereocenters. The van der Waals surface area contributed by atoms with Crippen LogP contribution in [0.4, 0.5) is 4.79 Å². The van der Waals surface area contributed by atoms with Gasteiger partial charge >= 0.3 is 18.0 Å². The summed E-state index contributed by atoms with van der Waals surface area (Å²) in [4.78, 5) is 52.1. The Morgan fingerprint density at radius 3 is 2.18 bits per heavy atom. The van der Waals surface area contributed by atoms with Crippen molar-refractivity contribution in [2.45, 2.75) is 96.6 Å². The van der Waals surface area contributed by atoms with E-state index >= 15 is 0 Å². The van der Waals surface area contributed by atoms with Crippen molar-refractivity contribution < 1.29 is 38.1 Å². The summed E-state index contributed by atoms with van der Waals surface area (Å²) in [6, 6.07) is 8.20. The number of esters is 2. The number of carbonyl (C=O) groups excluding carboxylic acids is 4. The topological polar surface area (TPSA) is 120 Å². The average Bonchev–Trinajstić information content (AvgIpc) is 2.83. The number of carbonyl (C=O) groups is 4. The fourth-order valence-electron chi connectivity index (χ4n) is 3.54. The van der Waals surface area contributed by atoms with E-state index in [0.717, 1.165) is 11.6 Å². The monoisotopic (exact) mass is 566 g/mol. The third kappa shape index (κ3) is 13.6. The van der Waals surface area contributed by atoms with Crippen molar-refractivity contribution in [3.05, 3.63) is 35.9 Å². The number of rotatable bonds is 14. The molecule has 220 valence electrons. The van der Waals surface area contributed by atoms with E-state index in [1.54, 1.807) is 27.7 Å². The fraction of sp³-hybridized carbons (Fsp3) is 0.643. The van der Waals surface area contributed by atoms with Crippen molar-refractivity contribution in [3.63, 3.8) is 0 Å². The van der Waals surface area contributed by atoms with Crippen molar-refractivity contribution in [3.8, 4) is 0 Å². The molecule has 0 saturated heterocycles. The first-order valence-corrected chi connectivity index (χ1v) is 16.9. The third-order valence-electron chi connectivity index (χ3n) is 5.77. The molecule has 11 heteroatoms. The lowest BCUT2D eigenvalue weighted by Gasteiger charge is -2.32. The van der Waals surface area contributed by atoms with Crippen molar-refractivity contribution in [2.24, 2.45) is 0 Å². The maximum absolute atomic E-state index is 13.2. The van der Waals surface area contributed by atoms with E-state index in [4.69, 9.17) is 18.9 Å². The zero-order chi connectivity index (χ0) is 29.8. The van der Waals surface area contributed by atoms with Crippen LogP contribution in [0, 0.1) is 0 Å². The Balaban J connectivity index is 2.96. The number of benzene rings is 1. The molecule has 0 saturated carbocycles. The summed E-state index contributed by atoms with van der Waals surface area (Å²) in [6.45, 7) is 13.9. The van der Waals surface area contributed by atoms with Crippen LogP contribution in [0.5, 0.6) is 0 Å². The molecule has 10 nitrogen and oxygen atoms in total. The molecule has 1 rings (SSSR count). The summed E-state index contributed by atoms with van der Waals surface area (Å²) in [5.41, 5.74) is 0.165. The Morgan fingerprint density at radius 2 is 1.64 bits per heavy atom. The Kier molecular flexibility index (Phi) is 13.7. The van der Waals surface area contributed by atoms with Crippen LogP contribution >= 0.6 is 0 Å². The van der Waals surface area contributed by atoms with Crippen LogP contribution in [-0.2, 0) is 39.9 Å². The number of ether oxygens (including phenoxy) is 4. The quantitative estimate of drug-likeness (QED) is 0.203. The van der Waals surface area contributed by atoms with Gasteiger partial charge in [-0.3, -0.25) is 4.79 Å². The summed E-state index contributed by atoms with van der Waals surface area (Å²) in [5.74, 6) is -1.68. The lowest BCUT2D eigenvalue weighted by molar-refractivity contribution is -0.161. The van der Waals surface area contributed by atoms with Crippen LogP contribution in [0.1, 0.15) is 46.1 Å². The lowest BCUT2D eigenvalue weighted by atomic mass is 10.1. The maximum atomic E-state index is 13.2. The molecule has 0 aromatic heterocycles. The Labute approximate surface area is 233 Å². The van der Waals surface area contributed by atoms with Crippen LogP contribution in [0.2, 0.25) is 25.7 Å². The van der Waals surface area contributed by atoms with Crippen LogP contribution in [0.15, 0.2) is 30.3 Å².